The van der Waals surface area contributed by atoms with Crippen molar-refractivity contribution < 1.29 is 28.6 Å². The molecular weight excluding hydrogens is 432 g/mol. The minimum atomic E-state index is -0.600. The Morgan fingerprint density at radius 3 is 2.50 bits per heavy atom. The quantitative estimate of drug-likeness (QED) is 0.292. The molecule has 1 aromatic heterocycles. The fourth-order valence-corrected chi connectivity index (χ4v) is 3.20. The Hall–Kier alpha value is -4.11. The van der Waals surface area contributed by atoms with Gasteiger partial charge in [-0.2, -0.15) is 0 Å². The van der Waals surface area contributed by atoms with E-state index in [9.17, 15) is 14.4 Å². The van der Waals surface area contributed by atoms with Crippen molar-refractivity contribution in [1.29, 1.82) is 0 Å². The molecule has 3 aromatic rings. The highest BCUT2D eigenvalue weighted by molar-refractivity contribution is 7.12. The minimum absolute atomic E-state index is 0.200. The van der Waals surface area contributed by atoms with E-state index in [-0.39, 0.29) is 12.5 Å². The molecule has 8 nitrogen and oxygen atoms in total. The number of anilines is 1. The fourth-order valence-electron chi connectivity index (χ4n) is 2.58. The number of rotatable bonds is 9. The highest BCUT2D eigenvalue weighted by Crippen LogP contribution is 2.28. The number of nitrogens with one attached hydrogen (secondary N) is 1. The zero-order chi connectivity index (χ0) is 22.9. The molecular formula is C23H20N2O6S. The van der Waals surface area contributed by atoms with Gasteiger partial charge in [-0.3, -0.25) is 9.59 Å². The van der Waals surface area contributed by atoms with Crippen LogP contribution in [0, 0.1) is 0 Å². The summed E-state index contributed by atoms with van der Waals surface area (Å²) in [6.45, 7) is -0.269. The zero-order valence-electron chi connectivity index (χ0n) is 17.1. The first-order valence-corrected chi connectivity index (χ1v) is 10.3. The maximum absolute atomic E-state index is 12.1. The molecule has 1 heterocycles. The lowest BCUT2D eigenvalue weighted by atomic mass is 10.2. The summed E-state index contributed by atoms with van der Waals surface area (Å²) in [5, 5.41) is 4.60. The number of methoxy groups -OCH3 is 1. The molecule has 0 radical (unpaired) electrons. The maximum Gasteiger partial charge on any atom is 0.336 e. The molecule has 9 heteroatoms. The molecule has 0 saturated heterocycles. The van der Waals surface area contributed by atoms with Crippen molar-refractivity contribution in [3.63, 3.8) is 0 Å². The first-order chi connectivity index (χ1) is 15.4. The Morgan fingerprint density at radius 2 is 1.84 bits per heavy atom. The number of amides is 2. The molecule has 0 aliphatic carbocycles. The molecule has 0 fully saturated rings. The van der Waals surface area contributed by atoms with Gasteiger partial charge in [0.05, 0.1) is 12.0 Å². The number of hydrogen-bond donors (Lipinski definition) is 2. The van der Waals surface area contributed by atoms with Crippen molar-refractivity contribution in [2.75, 3.05) is 19.0 Å². The Labute approximate surface area is 188 Å². The van der Waals surface area contributed by atoms with Gasteiger partial charge in [-0.1, -0.05) is 12.1 Å². The number of nitrogens with two attached hydrogens (primary N) is 1. The van der Waals surface area contributed by atoms with Crippen molar-refractivity contribution in [2.45, 2.75) is 0 Å². The van der Waals surface area contributed by atoms with Gasteiger partial charge in [-0.15, -0.1) is 11.3 Å². The average molecular weight is 452 g/mol. The highest BCUT2D eigenvalue weighted by Gasteiger charge is 2.09. The molecule has 2 aromatic carbocycles. The van der Waals surface area contributed by atoms with Crippen molar-refractivity contribution in [3.05, 3.63) is 76.5 Å². The SMILES string of the molecule is COc1cc(/C=C/C(=O)Oc2ccc(NC(=O)c3cccs3)cc2)ccc1OCC(N)=O. The van der Waals surface area contributed by atoms with Gasteiger partial charge < -0.3 is 25.3 Å². The first-order valence-electron chi connectivity index (χ1n) is 9.38. The van der Waals surface area contributed by atoms with Crippen molar-refractivity contribution in [2.24, 2.45) is 5.73 Å². The Morgan fingerprint density at radius 1 is 1.06 bits per heavy atom. The number of hydrogen-bond acceptors (Lipinski definition) is 7. The normalized spacial score (nSPS) is 10.5. The van der Waals surface area contributed by atoms with E-state index in [0.717, 1.165) is 0 Å². The molecule has 3 N–H and O–H groups in total. The van der Waals surface area contributed by atoms with Crippen LogP contribution in [0.3, 0.4) is 0 Å². The topological polar surface area (TPSA) is 117 Å². The molecule has 0 atom stereocenters. The van der Waals surface area contributed by atoms with Gasteiger partial charge in [0.1, 0.15) is 5.75 Å². The van der Waals surface area contributed by atoms with E-state index < -0.39 is 11.9 Å². The van der Waals surface area contributed by atoms with Crippen LogP contribution in [0.15, 0.2) is 66.1 Å². The van der Waals surface area contributed by atoms with Crippen molar-refractivity contribution >= 4 is 40.9 Å². The summed E-state index contributed by atoms with van der Waals surface area (Å²) < 4.78 is 15.8. The first kappa shape index (κ1) is 22.6. The van der Waals surface area contributed by atoms with E-state index in [2.05, 4.69) is 5.32 Å². The van der Waals surface area contributed by atoms with Crippen LogP contribution in [0.2, 0.25) is 0 Å². The summed E-state index contributed by atoms with van der Waals surface area (Å²) in [5.41, 5.74) is 6.32. The number of carbonyl (C=O) groups excluding carboxylic acids is 3. The van der Waals surface area contributed by atoms with E-state index in [1.807, 2.05) is 5.38 Å². The summed E-state index contributed by atoms with van der Waals surface area (Å²) in [7, 11) is 1.46. The summed E-state index contributed by atoms with van der Waals surface area (Å²) >= 11 is 1.35. The average Bonchev–Trinajstić information content (AvgIpc) is 3.33. The van der Waals surface area contributed by atoms with Crippen LogP contribution in [-0.2, 0) is 9.59 Å². The van der Waals surface area contributed by atoms with Crippen LogP contribution >= 0.6 is 11.3 Å². The van der Waals surface area contributed by atoms with Gasteiger partial charge in [0, 0.05) is 11.8 Å². The van der Waals surface area contributed by atoms with Gasteiger partial charge in [0.25, 0.3) is 11.8 Å². The van der Waals surface area contributed by atoms with E-state index in [4.69, 9.17) is 19.9 Å². The van der Waals surface area contributed by atoms with Gasteiger partial charge in [-0.25, -0.2) is 4.79 Å². The molecule has 0 aliphatic rings. The second-order valence-electron chi connectivity index (χ2n) is 6.38. The predicted molar refractivity (Wildman–Crippen MR) is 121 cm³/mol. The third-order valence-electron chi connectivity index (χ3n) is 4.05. The second kappa shape index (κ2) is 10.8. The monoisotopic (exact) mass is 452 g/mol. The lowest BCUT2D eigenvalue weighted by Crippen LogP contribution is -2.20. The molecule has 0 unspecified atom stereocenters. The molecule has 0 saturated carbocycles. The van der Waals surface area contributed by atoms with Crippen LogP contribution < -0.4 is 25.3 Å². The minimum Gasteiger partial charge on any atom is -0.493 e. The third kappa shape index (κ3) is 6.44. The molecule has 0 aliphatic heterocycles. The van der Waals surface area contributed by atoms with Gasteiger partial charge in [0.15, 0.2) is 18.1 Å². The zero-order valence-corrected chi connectivity index (χ0v) is 17.9. The Kier molecular flexibility index (Phi) is 7.60. The van der Waals surface area contributed by atoms with E-state index >= 15 is 0 Å². The highest BCUT2D eigenvalue weighted by atomic mass is 32.1. The number of carbonyl (C=O) groups is 3. The van der Waals surface area contributed by atoms with Crippen LogP contribution in [0.25, 0.3) is 6.08 Å². The van der Waals surface area contributed by atoms with Crippen molar-refractivity contribution in [3.8, 4) is 17.2 Å². The number of esters is 1. The van der Waals surface area contributed by atoms with Crippen LogP contribution in [0.5, 0.6) is 17.2 Å². The van der Waals surface area contributed by atoms with E-state index in [1.165, 1.54) is 24.5 Å². The van der Waals surface area contributed by atoms with Crippen LogP contribution in [-0.4, -0.2) is 31.5 Å². The lowest BCUT2D eigenvalue weighted by molar-refractivity contribution is -0.129. The second-order valence-corrected chi connectivity index (χ2v) is 7.32. The van der Waals surface area contributed by atoms with Gasteiger partial charge in [0.2, 0.25) is 0 Å². The summed E-state index contributed by atoms with van der Waals surface area (Å²) in [5.74, 6) is -0.292. The number of primary amides is 1. The predicted octanol–water partition coefficient (Wildman–Crippen LogP) is 3.49. The molecule has 0 bridgehead atoms. The molecule has 2 amide bonds. The summed E-state index contributed by atoms with van der Waals surface area (Å²) in [4.78, 5) is 35.6. The fraction of sp³-hybridized carbons (Fsp3) is 0.0870. The standard InChI is InChI=1S/C23H20N2O6S/c1-29-19-13-15(4-10-18(19)30-14-21(24)26)5-11-22(27)31-17-8-6-16(7-9-17)25-23(28)20-3-2-12-32-20/h2-13H,14H2,1H3,(H2,24,26)(H,25,28)/b11-5+. The summed E-state index contributed by atoms with van der Waals surface area (Å²) in [6.07, 6.45) is 2.82. The molecule has 3 rings (SSSR count). The number of thiophene rings is 1. The molecule has 32 heavy (non-hydrogen) atoms. The number of benzene rings is 2. The Bertz CT molecular complexity index is 1120. The van der Waals surface area contributed by atoms with E-state index in [1.54, 1.807) is 60.7 Å². The van der Waals surface area contributed by atoms with Crippen molar-refractivity contribution in [1.82, 2.24) is 0 Å². The maximum atomic E-state index is 12.1. The van der Waals surface area contributed by atoms with Gasteiger partial charge in [-0.05, 0) is 59.5 Å². The third-order valence-corrected chi connectivity index (χ3v) is 4.91. The lowest BCUT2D eigenvalue weighted by Gasteiger charge is -2.10. The van der Waals surface area contributed by atoms with Crippen LogP contribution in [0.1, 0.15) is 15.2 Å². The van der Waals surface area contributed by atoms with Crippen LogP contribution in [0.4, 0.5) is 5.69 Å². The largest absolute Gasteiger partial charge is 0.493 e. The van der Waals surface area contributed by atoms with Gasteiger partial charge >= 0.3 is 5.97 Å². The summed E-state index contributed by atoms with van der Waals surface area (Å²) in [6, 6.07) is 14.9. The molecule has 0 spiro atoms. The Balaban J connectivity index is 1.56. The smallest absolute Gasteiger partial charge is 0.336 e. The number of ether oxygens (including phenoxy) is 3. The van der Waals surface area contributed by atoms with E-state index in [0.29, 0.717) is 33.4 Å². The molecule has 164 valence electrons.